The van der Waals surface area contributed by atoms with Gasteiger partial charge >= 0.3 is 0 Å². The lowest BCUT2D eigenvalue weighted by atomic mass is 9.82. The minimum atomic E-state index is -4.00. The lowest BCUT2D eigenvalue weighted by molar-refractivity contribution is 0.335. The van der Waals surface area contributed by atoms with Crippen molar-refractivity contribution < 1.29 is 13.0 Å². The Bertz CT molecular complexity index is 468. The van der Waals surface area contributed by atoms with Gasteiger partial charge in [-0.15, -0.1) is 0 Å². The molecule has 0 spiro atoms. The maximum absolute atomic E-state index is 11.1. The van der Waals surface area contributed by atoms with E-state index in [9.17, 15) is 8.42 Å². The zero-order chi connectivity index (χ0) is 13.9. The maximum Gasteiger partial charge on any atom is 0.290 e. The monoisotopic (exact) mass is 284 g/mol. The van der Waals surface area contributed by atoms with Gasteiger partial charge in [0.15, 0.2) is 0 Å². The molecule has 2 aliphatic rings. The average molecular weight is 284 g/mol. The first-order valence-corrected chi connectivity index (χ1v) is 8.78. The van der Waals surface area contributed by atoms with Crippen molar-refractivity contribution in [2.24, 2.45) is 11.8 Å². The Morgan fingerprint density at radius 2 is 1.89 bits per heavy atom. The van der Waals surface area contributed by atoms with Crippen molar-refractivity contribution in [2.45, 2.75) is 58.3 Å². The van der Waals surface area contributed by atoms with Gasteiger partial charge in [-0.3, -0.25) is 4.55 Å². The van der Waals surface area contributed by atoms with Gasteiger partial charge < -0.3 is 0 Å². The smallest absolute Gasteiger partial charge is 0.282 e. The normalized spacial score (nSPS) is 25.9. The average Bonchev–Trinajstić information content (AvgIpc) is 2.37. The van der Waals surface area contributed by atoms with Crippen LogP contribution in [0.3, 0.4) is 0 Å². The molecule has 0 aromatic heterocycles. The Balaban J connectivity index is 1.93. The predicted octanol–water partition coefficient (Wildman–Crippen LogP) is 4.08. The highest BCUT2D eigenvalue weighted by molar-refractivity contribution is 7.89. The summed E-state index contributed by atoms with van der Waals surface area (Å²) in [7, 11) is -4.00. The Hall–Kier alpha value is -0.610. The molecule has 1 atom stereocenters. The van der Waals surface area contributed by atoms with Gasteiger partial charge in [0.25, 0.3) is 10.1 Å². The highest BCUT2D eigenvalue weighted by atomic mass is 32.2. The highest BCUT2D eigenvalue weighted by Gasteiger charge is 2.23. The minimum absolute atomic E-state index is 0.154. The summed E-state index contributed by atoms with van der Waals surface area (Å²) >= 11 is 0. The topological polar surface area (TPSA) is 54.4 Å². The maximum atomic E-state index is 11.1. The second kappa shape index (κ2) is 6.23. The summed E-state index contributed by atoms with van der Waals surface area (Å²) in [6.07, 6.45) is 13.0. The molecule has 0 amide bonds. The summed E-state index contributed by atoms with van der Waals surface area (Å²) < 4.78 is 31.3. The standard InChI is InChI=1S/C15H24O3S/c1-12-11-15(19(16,17)18)10-9-14(12)8-7-13-5-3-2-4-6-13/h9-10,12-13H,2-8,11H2,1H3,(H,16,17,18). The van der Waals surface area contributed by atoms with Gasteiger partial charge in [-0.1, -0.05) is 50.7 Å². The van der Waals surface area contributed by atoms with Crippen LogP contribution in [0.15, 0.2) is 22.6 Å². The van der Waals surface area contributed by atoms with E-state index < -0.39 is 10.1 Å². The molecule has 19 heavy (non-hydrogen) atoms. The third-order valence-corrected chi connectivity index (χ3v) is 5.49. The summed E-state index contributed by atoms with van der Waals surface area (Å²) in [6, 6.07) is 0. The van der Waals surface area contributed by atoms with Crippen LogP contribution in [0.2, 0.25) is 0 Å². The largest absolute Gasteiger partial charge is 0.290 e. The van der Waals surface area contributed by atoms with Gasteiger partial charge in [-0.2, -0.15) is 8.42 Å². The first-order valence-electron chi connectivity index (χ1n) is 7.34. The summed E-state index contributed by atoms with van der Waals surface area (Å²) in [5, 5.41) is 0. The van der Waals surface area contributed by atoms with E-state index in [1.54, 1.807) is 6.08 Å². The van der Waals surface area contributed by atoms with E-state index in [0.29, 0.717) is 6.42 Å². The van der Waals surface area contributed by atoms with Crippen molar-refractivity contribution in [2.75, 3.05) is 0 Å². The molecule has 1 N–H and O–H groups in total. The molecule has 1 unspecified atom stereocenters. The molecule has 0 saturated heterocycles. The van der Waals surface area contributed by atoms with Gasteiger partial charge in [0.05, 0.1) is 4.91 Å². The third kappa shape index (κ3) is 4.18. The second-order valence-corrected chi connectivity index (χ2v) is 7.47. The Morgan fingerprint density at radius 1 is 1.21 bits per heavy atom. The lowest BCUT2D eigenvalue weighted by Crippen LogP contribution is -2.13. The predicted molar refractivity (Wildman–Crippen MR) is 77.3 cm³/mol. The van der Waals surface area contributed by atoms with Crippen LogP contribution in [0.25, 0.3) is 0 Å². The zero-order valence-corrected chi connectivity index (χ0v) is 12.5. The van der Waals surface area contributed by atoms with E-state index in [1.165, 1.54) is 44.1 Å². The second-order valence-electron chi connectivity index (χ2n) is 6.00. The Kier molecular flexibility index (Phi) is 4.85. The van der Waals surface area contributed by atoms with Crippen molar-refractivity contribution in [1.82, 2.24) is 0 Å². The lowest BCUT2D eigenvalue weighted by Gasteiger charge is -2.25. The summed E-state index contributed by atoms with van der Waals surface area (Å²) in [6.45, 7) is 2.05. The van der Waals surface area contributed by atoms with Crippen LogP contribution < -0.4 is 0 Å². The SMILES string of the molecule is CC1CC(S(=O)(=O)O)=CC=C1CCC1CCCCC1. The first kappa shape index (κ1) is 14.8. The molecule has 0 aromatic rings. The van der Waals surface area contributed by atoms with Crippen molar-refractivity contribution in [3.05, 3.63) is 22.6 Å². The van der Waals surface area contributed by atoms with E-state index in [-0.39, 0.29) is 10.8 Å². The molecular formula is C15H24O3S. The number of hydrogen-bond donors (Lipinski definition) is 1. The van der Waals surface area contributed by atoms with Crippen LogP contribution in [-0.4, -0.2) is 13.0 Å². The van der Waals surface area contributed by atoms with E-state index >= 15 is 0 Å². The Labute approximate surface area is 116 Å². The molecule has 0 bridgehead atoms. The van der Waals surface area contributed by atoms with E-state index in [1.807, 2.05) is 13.0 Å². The molecular weight excluding hydrogens is 260 g/mol. The van der Waals surface area contributed by atoms with Gasteiger partial charge in [-0.05, 0) is 37.2 Å². The van der Waals surface area contributed by atoms with E-state index in [4.69, 9.17) is 4.55 Å². The molecule has 1 fully saturated rings. The molecule has 3 nitrogen and oxygen atoms in total. The van der Waals surface area contributed by atoms with Crippen LogP contribution in [0.1, 0.15) is 58.3 Å². The van der Waals surface area contributed by atoms with E-state index in [0.717, 1.165) is 12.3 Å². The quantitative estimate of drug-likeness (QED) is 0.791. The molecule has 0 aromatic carbocycles. The molecule has 4 heteroatoms. The molecule has 2 aliphatic carbocycles. The number of hydrogen-bond acceptors (Lipinski definition) is 2. The van der Waals surface area contributed by atoms with Crippen LogP contribution in [0.4, 0.5) is 0 Å². The molecule has 0 aliphatic heterocycles. The van der Waals surface area contributed by atoms with Gasteiger partial charge in [0.1, 0.15) is 0 Å². The van der Waals surface area contributed by atoms with Crippen molar-refractivity contribution >= 4 is 10.1 Å². The number of rotatable bonds is 4. The highest BCUT2D eigenvalue weighted by Crippen LogP contribution is 2.34. The molecule has 2 rings (SSSR count). The summed E-state index contributed by atoms with van der Waals surface area (Å²) in [4.78, 5) is 0.154. The molecule has 0 heterocycles. The van der Waals surface area contributed by atoms with Crippen LogP contribution in [0, 0.1) is 11.8 Å². The van der Waals surface area contributed by atoms with Gasteiger partial charge in [0, 0.05) is 0 Å². The first-order chi connectivity index (χ1) is 8.97. The zero-order valence-electron chi connectivity index (χ0n) is 11.6. The fraction of sp³-hybridized carbons (Fsp3) is 0.733. The van der Waals surface area contributed by atoms with E-state index in [2.05, 4.69) is 0 Å². The molecule has 1 saturated carbocycles. The molecule has 0 radical (unpaired) electrons. The van der Waals surface area contributed by atoms with Crippen molar-refractivity contribution in [3.8, 4) is 0 Å². The van der Waals surface area contributed by atoms with Gasteiger partial charge in [0.2, 0.25) is 0 Å². The van der Waals surface area contributed by atoms with Crippen molar-refractivity contribution in [3.63, 3.8) is 0 Å². The summed E-state index contributed by atoms with van der Waals surface area (Å²) in [5.41, 5.74) is 1.33. The number of allylic oxidation sites excluding steroid dienone is 4. The minimum Gasteiger partial charge on any atom is -0.282 e. The third-order valence-electron chi connectivity index (χ3n) is 4.52. The van der Waals surface area contributed by atoms with Crippen molar-refractivity contribution in [1.29, 1.82) is 0 Å². The van der Waals surface area contributed by atoms with Gasteiger partial charge in [-0.25, -0.2) is 0 Å². The fourth-order valence-electron chi connectivity index (χ4n) is 3.23. The summed E-state index contributed by atoms with van der Waals surface area (Å²) in [5.74, 6) is 1.08. The van der Waals surface area contributed by atoms with Crippen LogP contribution in [-0.2, 0) is 10.1 Å². The van der Waals surface area contributed by atoms with Crippen LogP contribution in [0.5, 0.6) is 0 Å². The molecule has 108 valence electrons. The fourth-order valence-corrected chi connectivity index (χ4v) is 3.93. The van der Waals surface area contributed by atoms with Crippen LogP contribution >= 0.6 is 0 Å². The Morgan fingerprint density at radius 3 is 2.47 bits per heavy atom.